The van der Waals surface area contributed by atoms with Gasteiger partial charge in [-0.15, -0.1) is 5.75 Å². The Morgan fingerprint density at radius 3 is 1.28 bits per heavy atom. The van der Waals surface area contributed by atoms with E-state index in [0.29, 0.717) is 0 Å². The van der Waals surface area contributed by atoms with E-state index in [2.05, 4.69) is 55.4 Å². The minimum atomic E-state index is -0.407. The third kappa shape index (κ3) is 24.1. The first-order valence-corrected chi connectivity index (χ1v) is 14.3. The summed E-state index contributed by atoms with van der Waals surface area (Å²) in [5, 5.41) is 17.8. The van der Waals surface area contributed by atoms with Gasteiger partial charge in [0.15, 0.2) is 0 Å². The van der Waals surface area contributed by atoms with E-state index in [1.807, 2.05) is 6.07 Å². The van der Waals surface area contributed by atoms with E-state index < -0.39 is 14.1 Å². The van der Waals surface area contributed by atoms with Crippen molar-refractivity contribution < 1.29 is 5.11 Å². The van der Waals surface area contributed by atoms with Gasteiger partial charge in [-0.2, -0.15) is 0 Å². The second-order valence-corrected chi connectivity index (χ2v) is 13.5. The average Bonchev–Trinajstić information content (AvgIpc) is 2.48. The fourth-order valence-electron chi connectivity index (χ4n) is 3.00. The molecule has 1 rings (SSSR count). The molecule has 0 spiro atoms. The molecule has 142 valence electrons. The summed E-state index contributed by atoms with van der Waals surface area (Å²) in [7, 11) is 0. The van der Waals surface area contributed by atoms with Gasteiger partial charge in [0, 0.05) is 0 Å². The molecule has 0 unspecified atom stereocenters. The molecule has 0 aromatic heterocycles. The maximum absolute atomic E-state index is 10.3. The van der Waals surface area contributed by atoms with Gasteiger partial charge in [-0.25, -0.2) is 0 Å². The number of rotatable bonds is 8. The predicted molar refractivity (Wildman–Crippen MR) is 117 cm³/mol. The zero-order chi connectivity index (χ0) is 19.7. The molecule has 0 radical (unpaired) electrons. The van der Waals surface area contributed by atoms with Crippen LogP contribution in [0.4, 0.5) is 0 Å². The summed E-state index contributed by atoms with van der Waals surface area (Å²) < 4.78 is 0. The Bertz CT molecular complexity index is 338. The summed E-state index contributed by atoms with van der Waals surface area (Å²) in [6, 6.07) is 8.33. The zero-order valence-corrected chi connectivity index (χ0v) is 20.5. The van der Waals surface area contributed by atoms with E-state index in [-0.39, 0.29) is 5.75 Å². The van der Waals surface area contributed by atoms with Crippen molar-refractivity contribution in [2.24, 2.45) is 17.8 Å². The largest absolute Gasteiger partial charge is 0.872 e. The minimum Gasteiger partial charge on any atom is -0.872 e. The van der Waals surface area contributed by atoms with Crippen LogP contribution in [0.2, 0.25) is 26.4 Å². The molecule has 25 heavy (non-hydrogen) atoms. The first-order valence-electron chi connectivity index (χ1n) is 10.3. The van der Waals surface area contributed by atoms with Crippen molar-refractivity contribution in [1.82, 2.24) is 0 Å². The molecule has 0 N–H and O–H groups in total. The number of benzene rings is 1. The van der Waals surface area contributed by atoms with Crippen molar-refractivity contribution >= 4 is 29.4 Å². The molecule has 0 aliphatic rings. The van der Waals surface area contributed by atoms with Gasteiger partial charge in [0.05, 0.1) is 0 Å². The second kappa shape index (κ2) is 18.9. The SMILES string of the molecule is CC(C)[CH2][Al]([CH2]C(C)C)[CH2]C(C)C.C[CH2][Al+][CH2]C.[O-]c1ccccc1. The zero-order valence-electron chi connectivity index (χ0n) is 18.2. The van der Waals surface area contributed by atoms with Crippen LogP contribution >= 0.6 is 0 Å². The quantitative estimate of drug-likeness (QED) is 0.459. The molecule has 0 amide bonds. The van der Waals surface area contributed by atoms with E-state index in [1.54, 1.807) is 28.0 Å². The van der Waals surface area contributed by atoms with Crippen molar-refractivity contribution in [3.63, 3.8) is 0 Å². The van der Waals surface area contributed by atoms with Crippen LogP contribution in [-0.4, -0.2) is 29.4 Å². The maximum atomic E-state index is 10.3. The molecule has 0 bridgehead atoms. The summed E-state index contributed by atoms with van der Waals surface area (Å²) in [5.74, 6) is 2.85. The van der Waals surface area contributed by atoms with Crippen LogP contribution in [0.1, 0.15) is 55.4 Å². The minimum absolute atomic E-state index is 0.0718. The van der Waals surface area contributed by atoms with Gasteiger partial charge < -0.3 is 5.11 Å². The third-order valence-electron chi connectivity index (χ3n) is 3.73. The average molecular weight is 377 g/mol. The van der Waals surface area contributed by atoms with Crippen LogP contribution in [-0.2, 0) is 0 Å². The van der Waals surface area contributed by atoms with Crippen molar-refractivity contribution in [3.8, 4) is 5.75 Å². The van der Waals surface area contributed by atoms with E-state index in [0.717, 1.165) is 33.0 Å². The molecule has 1 nitrogen and oxygen atoms in total. The van der Waals surface area contributed by atoms with Gasteiger partial charge in [-0.1, -0.05) is 105 Å². The molecule has 1 aromatic rings. The Morgan fingerprint density at radius 1 is 0.760 bits per heavy atom. The monoisotopic (exact) mass is 376 g/mol. The van der Waals surface area contributed by atoms with Crippen LogP contribution in [0.25, 0.3) is 0 Å². The number of hydrogen-bond acceptors (Lipinski definition) is 1. The van der Waals surface area contributed by atoms with E-state index >= 15 is 0 Å². The fraction of sp³-hybridized carbons (Fsp3) is 0.727. The Kier molecular flexibility index (Phi) is 20.6. The van der Waals surface area contributed by atoms with Gasteiger partial charge in [-0.05, 0) is 0 Å². The Hall–Kier alpha value is 0.0849. The third-order valence-corrected chi connectivity index (χ3v) is 9.72. The van der Waals surface area contributed by atoms with Crippen LogP contribution in [0.3, 0.4) is 0 Å². The normalized spacial score (nSPS) is 9.88. The van der Waals surface area contributed by atoms with Crippen LogP contribution in [0.5, 0.6) is 5.75 Å². The Balaban J connectivity index is 0. The summed E-state index contributed by atoms with van der Waals surface area (Å²) >= 11 is 0.407. The number of para-hydroxylation sites is 1. The molecule has 3 heteroatoms. The van der Waals surface area contributed by atoms with Crippen LogP contribution < -0.4 is 5.11 Å². The Morgan fingerprint density at radius 2 is 1.12 bits per heavy atom. The van der Waals surface area contributed by atoms with Gasteiger partial charge in [0.1, 0.15) is 0 Å². The van der Waals surface area contributed by atoms with Gasteiger partial charge in [0.2, 0.25) is 0 Å². The van der Waals surface area contributed by atoms with E-state index in [9.17, 15) is 5.11 Å². The van der Waals surface area contributed by atoms with Crippen LogP contribution in [0.15, 0.2) is 30.3 Å². The second-order valence-electron chi connectivity index (χ2n) is 8.17. The molecule has 0 atom stereocenters. The smallest absolute Gasteiger partial charge is 0.0623 e. The van der Waals surface area contributed by atoms with Gasteiger partial charge in [0.25, 0.3) is 14.1 Å². The molecule has 0 fully saturated rings. The van der Waals surface area contributed by atoms with Crippen molar-refractivity contribution in [1.29, 1.82) is 0 Å². The molecule has 0 aliphatic heterocycles. The van der Waals surface area contributed by atoms with Crippen LogP contribution in [0, 0.1) is 17.8 Å². The van der Waals surface area contributed by atoms with Crippen molar-refractivity contribution in [2.75, 3.05) is 0 Å². The molecule has 0 saturated heterocycles. The summed E-state index contributed by atoms with van der Waals surface area (Å²) in [4.78, 5) is 0. The number of hydrogen-bond donors (Lipinski definition) is 0. The standard InChI is InChI=1S/C6H6O.3C4H9.2C2H5.2Al/c7-6-4-2-1-3-5-6;3*1-4(2)3;2*1-2;;/h1-5,7H;3*4H,1H2,2-3H3;2*1H2,2H3;;/q;;;;;;;+1/p-1. The van der Waals surface area contributed by atoms with Gasteiger partial charge in [-0.3, -0.25) is 0 Å². The van der Waals surface area contributed by atoms with Crippen molar-refractivity contribution in [2.45, 2.75) is 81.8 Å². The first-order chi connectivity index (χ1) is 11.7. The van der Waals surface area contributed by atoms with E-state index in [1.165, 1.54) is 22.7 Å². The van der Waals surface area contributed by atoms with Crippen molar-refractivity contribution in [3.05, 3.63) is 30.3 Å². The molecule has 0 saturated carbocycles. The topological polar surface area (TPSA) is 23.1 Å². The molecule has 0 heterocycles. The van der Waals surface area contributed by atoms with E-state index in [4.69, 9.17) is 0 Å². The molecular weight excluding hydrogens is 334 g/mol. The Labute approximate surface area is 169 Å². The van der Waals surface area contributed by atoms with Gasteiger partial charge >= 0.3 is 39.6 Å². The molecular formula is C22H42Al2O. The predicted octanol–water partition coefficient (Wildman–Crippen LogP) is 6.78. The molecule has 1 aromatic carbocycles. The summed E-state index contributed by atoms with van der Waals surface area (Å²) in [6.07, 6.45) is 0. The fourth-order valence-corrected chi connectivity index (χ4v) is 8.15. The summed E-state index contributed by atoms with van der Waals surface area (Å²) in [6.45, 7) is 18.8. The summed E-state index contributed by atoms with van der Waals surface area (Å²) in [5.41, 5.74) is 0. The first kappa shape index (κ1) is 27.3. The molecule has 0 aliphatic carbocycles. The maximum Gasteiger partial charge on any atom is -0.0623 e.